The molecule has 18 heavy (non-hydrogen) atoms. The van der Waals surface area contributed by atoms with Crippen LogP contribution in [0.3, 0.4) is 0 Å². The van der Waals surface area contributed by atoms with E-state index in [1.54, 1.807) is 0 Å². The molecule has 0 saturated heterocycles. The second-order valence-electron chi connectivity index (χ2n) is 4.70. The monoisotopic (exact) mass is 313 g/mol. The maximum absolute atomic E-state index is 11.6. The number of carbonyl (C=O) groups is 1. The van der Waals surface area contributed by atoms with Crippen LogP contribution >= 0.6 is 15.9 Å². The van der Waals surface area contributed by atoms with Crippen molar-refractivity contribution in [1.82, 2.24) is 0 Å². The number of rotatable bonds is 5. The number of methoxy groups -OCH3 is 1. The average molecular weight is 314 g/mol. The van der Waals surface area contributed by atoms with Crippen LogP contribution in [0.5, 0.6) is 0 Å². The van der Waals surface area contributed by atoms with E-state index in [1.807, 2.05) is 38.1 Å². The number of hydrogen-bond donors (Lipinski definition) is 1. The highest BCUT2D eigenvalue weighted by Gasteiger charge is 2.35. The van der Waals surface area contributed by atoms with Crippen molar-refractivity contribution in [3.05, 3.63) is 34.3 Å². The molecular weight excluding hydrogens is 294 g/mol. The van der Waals surface area contributed by atoms with Crippen LogP contribution in [-0.4, -0.2) is 19.1 Å². The molecule has 0 aromatic heterocycles. The number of halogens is 1. The van der Waals surface area contributed by atoms with E-state index < -0.39 is 5.41 Å². The summed E-state index contributed by atoms with van der Waals surface area (Å²) < 4.78 is 5.77. The van der Waals surface area contributed by atoms with Gasteiger partial charge < -0.3 is 10.5 Å². The molecule has 1 rings (SSSR count). The lowest BCUT2D eigenvalue weighted by atomic mass is 9.73. The molecule has 0 saturated carbocycles. The Balaban J connectivity index is 3.15. The van der Waals surface area contributed by atoms with Crippen molar-refractivity contribution in [3.63, 3.8) is 0 Å². The zero-order valence-corrected chi connectivity index (χ0v) is 12.7. The second-order valence-corrected chi connectivity index (χ2v) is 5.61. The lowest BCUT2D eigenvalue weighted by molar-refractivity contribution is -0.142. The Morgan fingerprint density at radius 1 is 1.56 bits per heavy atom. The van der Waals surface area contributed by atoms with Crippen LogP contribution in [0.4, 0.5) is 0 Å². The summed E-state index contributed by atoms with van der Waals surface area (Å²) in [7, 11) is 1.40. The molecule has 0 bridgehead atoms. The largest absolute Gasteiger partial charge is 0.469 e. The highest BCUT2D eigenvalue weighted by atomic mass is 79.9. The Kier molecular flexibility index (Phi) is 5.35. The fourth-order valence-electron chi connectivity index (χ4n) is 2.11. The molecule has 2 unspecified atom stereocenters. The number of ether oxygens (including phenoxy) is 1. The van der Waals surface area contributed by atoms with E-state index in [0.29, 0.717) is 0 Å². The van der Waals surface area contributed by atoms with E-state index in [2.05, 4.69) is 15.9 Å². The summed E-state index contributed by atoms with van der Waals surface area (Å²) in [6, 6.07) is 7.84. The molecule has 0 spiro atoms. The molecular formula is C14H20BrNO2. The van der Waals surface area contributed by atoms with Crippen LogP contribution in [-0.2, 0) is 14.9 Å². The summed E-state index contributed by atoms with van der Waals surface area (Å²) in [5, 5.41) is 0. The van der Waals surface area contributed by atoms with Gasteiger partial charge >= 0.3 is 5.97 Å². The van der Waals surface area contributed by atoms with Gasteiger partial charge in [0, 0.05) is 15.9 Å². The van der Waals surface area contributed by atoms with E-state index in [4.69, 9.17) is 10.5 Å². The highest BCUT2D eigenvalue weighted by Crippen LogP contribution is 2.33. The van der Waals surface area contributed by atoms with Crippen LogP contribution in [0.25, 0.3) is 0 Å². The standard InChI is InChI=1S/C14H20BrNO2/c1-4-12(16)14(2,9-13(17)18-3)10-6-5-7-11(15)8-10/h5-8,12H,4,9,16H2,1-3H3. The SMILES string of the molecule is CCC(N)C(C)(CC(=O)OC)c1cccc(Br)c1. The zero-order valence-electron chi connectivity index (χ0n) is 11.1. The normalized spacial score (nSPS) is 15.8. The Morgan fingerprint density at radius 3 is 2.72 bits per heavy atom. The van der Waals surface area contributed by atoms with Gasteiger partial charge in [-0.2, -0.15) is 0 Å². The van der Waals surface area contributed by atoms with Gasteiger partial charge in [0.2, 0.25) is 0 Å². The van der Waals surface area contributed by atoms with Gasteiger partial charge in [-0.25, -0.2) is 0 Å². The lowest BCUT2D eigenvalue weighted by Gasteiger charge is -2.35. The van der Waals surface area contributed by atoms with Crippen molar-refractivity contribution in [1.29, 1.82) is 0 Å². The maximum Gasteiger partial charge on any atom is 0.306 e. The van der Waals surface area contributed by atoms with Crippen LogP contribution in [0.1, 0.15) is 32.3 Å². The van der Waals surface area contributed by atoms with Gasteiger partial charge in [-0.1, -0.05) is 41.9 Å². The van der Waals surface area contributed by atoms with Crippen molar-refractivity contribution in [3.8, 4) is 0 Å². The predicted octanol–water partition coefficient (Wildman–Crippen LogP) is 3.01. The molecule has 0 aliphatic carbocycles. The first kappa shape index (κ1) is 15.2. The van der Waals surface area contributed by atoms with Crippen molar-refractivity contribution in [2.45, 2.75) is 38.1 Å². The van der Waals surface area contributed by atoms with Gasteiger partial charge in [0.1, 0.15) is 0 Å². The zero-order chi connectivity index (χ0) is 13.8. The molecule has 0 amide bonds. The summed E-state index contributed by atoms with van der Waals surface area (Å²) in [6.45, 7) is 4.04. The van der Waals surface area contributed by atoms with Gasteiger partial charge in [0.15, 0.2) is 0 Å². The number of hydrogen-bond acceptors (Lipinski definition) is 3. The molecule has 2 atom stereocenters. The van der Waals surface area contributed by atoms with Gasteiger partial charge in [0.05, 0.1) is 13.5 Å². The van der Waals surface area contributed by atoms with Crippen LogP contribution in [0, 0.1) is 0 Å². The number of carbonyl (C=O) groups excluding carboxylic acids is 1. The van der Waals surface area contributed by atoms with Gasteiger partial charge in [-0.3, -0.25) is 4.79 Å². The molecule has 3 nitrogen and oxygen atoms in total. The molecule has 0 fully saturated rings. The summed E-state index contributed by atoms with van der Waals surface area (Å²) >= 11 is 3.45. The van der Waals surface area contributed by atoms with Crippen LogP contribution in [0.15, 0.2) is 28.7 Å². The quantitative estimate of drug-likeness (QED) is 0.850. The third kappa shape index (κ3) is 3.33. The van der Waals surface area contributed by atoms with Gasteiger partial charge in [0.25, 0.3) is 0 Å². The highest BCUT2D eigenvalue weighted by molar-refractivity contribution is 9.10. The van der Waals surface area contributed by atoms with E-state index >= 15 is 0 Å². The predicted molar refractivity (Wildman–Crippen MR) is 76.4 cm³/mol. The lowest BCUT2D eigenvalue weighted by Crippen LogP contribution is -2.44. The first-order valence-corrected chi connectivity index (χ1v) is 6.81. The molecule has 0 aliphatic heterocycles. The van der Waals surface area contributed by atoms with E-state index in [9.17, 15) is 4.79 Å². The molecule has 1 aromatic rings. The second kappa shape index (κ2) is 6.34. The van der Waals surface area contributed by atoms with Crippen molar-refractivity contribution in [2.75, 3.05) is 7.11 Å². The molecule has 0 radical (unpaired) electrons. The summed E-state index contributed by atoms with van der Waals surface area (Å²) in [4.78, 5) is 11.6. The minimum absolute atomic E-state index is 0.0918. The molecule has 4 heteroatoms. The summed E-state index contributed by atoms with van der Waals surface area (Å²) in [5.41, 5.74) is 6.85. The Bertz CT molecular complexity index is 422. The van der Waals surface area contributed by atoms with E-state index in [0.717, 1.165) is 16.5 Å². The van der Waals surface area contributed by atoms with Crippen LogP contribution in [0.2, 0.25) is 0 Å². The summed E-state index contributed by atoms with van der Waals surface area (Å²) in [5.74, 6) is -0.235. The molecule has 0 heterocycles. The van der Waals surface area contributed by atoms with E-state index in [-0.39, 0.29) is 18.4 Å². The summed E-state index contributed by atoms with van der Waals surface area (Å²) in [6.07, 6.45) is 1.09. The number of esters is 1. The maximum atomic E-state index is 11.6. The first-order valence-electron chi connectivity index (χ1n) is 6.02. The van der Waals surface area contributed by atoms with Crippen LogP contribution < -0.4 is 5.73 Å². The average Bonchev–Trinajstić information content (AvgIpc) is 2.37. The molecule has 100 valence electrons. The fraction of sp³-hybridized carbons (Fsp3) is 0.500. The minimum Gasteiger partial charge on any atom is -0.469 e. The molecule has 2 N–H and O–H groups in total. The third-order valence-corrected chi connectivity index (χ3v) is 3.97. The van der Waals surface area contributed by atoms with Gasteiger partial charge in [-0.05, 0) is 24.1 Å². The number of benzene rings is 1. The van der Waals surface area contributed by atoms with Gasteiger partial charge in [-0.15, -0.1) is 0 Å². The molecule has 0 aliphatic rings. The minimum atomic E-state index is -0.411. The Labute approximate surface area is 117 Å². The Morgan fingerprint density at radius 2 is 2.22 bits per heavy atom. The van der Waals surface area contributed by atoms with Crippen molar-refractivity contribution < 1.29 is 9.53 Å². The smallest absolute Gasteiger partial charge is 0.306 e. The van der Waals surface area contributed by atoms with E-state index in [1.165, 1.54) is 7.11 Å². The fourth-order valence-corrected chi connectivity index (χ4v) is 2.51. The third-order valence-electron chi connectivity index (χ3n) is 3.48. The van der Waals surface area contributed by atoms with Crippen molar-refractivity contribution >= 4 is 21.9 Å². The van der Waals surface area contributed by atoms with Crippen molar-refractivity contribution in [2.24, 2.45) is 5.73 Å². The Hall–Kier alpha value is -0.870. The first-order chi connectivity index (χ1) is 8.43. The molecule has 1 aromatic carbocycles. The topological polar surface area (TPSA) is 52.3 Å². The number of nitrogens with two attached hydrogens (primary N) is 1.